The first-order valence-corrected chi connectivity index (χ1v) is 10.1. The van der Waals surface area contributed by atoms with Crippen LogP contribution in [0, 0.1) is 0 Å². The van der Waals surface area contributed by atoms with Crippen molar-refractivity contribution in [2.75, 3.05) is 19.6 Å². The lowest BCUT2D eigenvalue weighted by Gasteiger charge is -2.20. The molecule has 2 N–H and O–H groups in total. The van der Waals surface area contributed by atoms with Crippen LogP contribution in [-0.4, -0.2) is 52.3 Å². The van der Waals surface area contributed by atoms with Gasteiger partial charge >= 0.3 is 12.1 Å². The van der Waals surface area contributed by atoms with Gasteiger partial charge in [-0.3, -0.25) is 14.7 Å². The Morgan fingerprint density at radius 3 is 2.39 bits per heavy atom. The number of ether oxygens (including phenoxy) is 1. The molecule has 0 radical (unpaired) electrons. The van der Waals surface area contributed by atoms with Crippen LogP contribution in [0.3, 0.4) is 0 Å². The lowest BCUT2D eigenvalue weighted by molar-refractivity contribution is -0.138. The van der Waals surface area contributed by atoms with E-state index in [0.717, 1.165) is 50.8 Å². The van der Waals surface area contributed by atoms with Gasteiger partial charge in [0.15, 0.2) is 0 Å². The van der Waals surface area contributed by atoms with Crippen molar-refractivity contribution >= 4 is 12.1 Å². The van der Waals surface area contributed by atoms with Gasteiger partial charge in [-0.15, -0.1) is 0 Å². The average Bonchev–Trinajstić information content (AvgIpc) is 2.59. The predicted molar refractivity (Wildman–Crippen MR) is 109 cm³/mol. The SMILES string of the molecule is CC(C)(C)OC(=O)NCCCCCCCCN(CC(=O)O)Cc1ccccn1. The molecule has 0 saturated heterocycles. The molecule has 0 aliphatic rings. The molecule has 1 heterocycles. The Kier molecular flexibility index (Phi) is 11.2. The fourth-order valence-electron chi connectivity index (χ4n) is 2.80. The molecule has 0 unspecified atom stereocenters. The third-order valence-electron chi connectivity index (χ3n) is 4.04. The van der Waals surface area contributed by atoms with E-state index < -0.39 is 11.6 Å². The van der Waals surface area contributed by atoms with Gasteiger partial charge in [0.2, 0.25) is 0 Å². The van der Waals surface area contributed by atoms with Crippen LogP contribution in [0.25, 0.3) is 0 Å². The molecule has 158 valence electrons. The van der Waals surface area contributed by atoms with Gasteiger partial charge in [0.1, 0.15) is 5.60 Å². The average molecular weight is 394 g/mol. The van der Waals surface area contributed by atoms with Crippen LogP contribution in [0.1, 0.15) is 65.0 Å². The number of alkyl carbamates (subject to hydrolysis) is 1. The number of aromatic nitrogens is 1. The van der Waals surface area contributed by atoms with Crippen LogP contribution in [0.4, 0.5) is 4.79 Å². The molecule has 0 saturated carbocycles. The molecule has 0 fully saturated rings. The number of rotatable bonds is 13. The highest BCUT2D eigenvalue weighted by Crippen LogP contribution is 2.09. The summed E-state index contributed by atoms with van der Waals surface area (Å²) in [5.74, 6) is -0.812. The maximum atomic E-state index is 11.5. The van der Waals surface area contributed by atoms with Gasteiger partial charge in [0.05, 0.1) is 12.2 Å². The molecule has 1 aromatic heterocycles. The lowest BCUT2D eigenvalue weighted by Crippen LogP contribution is -2.32. The van der Waals surface area contributed by atoms with Gasteiger partial charge < -0.3 is 15.2 Å². The van der Waals surface area contributed by atoms with Gasteiger partial charge in [0, 0.05) is 19.3 Å². The van der Waals surface area contributed by atoms with Crippen LogP contribution in [-0.2, 0) is 16.1 Å². The Hall–Kier alpha value is -2.15. The zero-order valence-electron chi connectivity index (χ0n) is 17.4. The van der Waals surface area contributed by atoms with Crippen LogP contribution >= 0.6 is 0 Å². The molecule has 1 amide bonds. The van der Waals surface area contributed by atoms with Gasteiger partial charge in [0.25, 0.3) is 0 Å². The van der Waals surface area contributed by atoms with E-state index in [1.54, 1.807) is 6.20 Å². The molecule has 0 bridgehead atoms. The highest BCUT2D eigenvalue weighted by atomic mass is 16.6. The van der Waals surface area contributed by atoms with E-state index in [-0.39, 0.29) is 12.6 Å². The maximum absolute atomic E-state index is 11.5. The van der Waals surface area contributed by atoms with E-state index in [1.165, 1.54) is 0 Å². The van der Waals surface area contributed by atoms with Gasteiger partial charge in [-0.2, -0.15) is 0 Å². The second-order valence-corrected chi connectivity index (χ2v) is 7.98. The monoisotopic (exact) mass is 393 g/mol. The number of nitrogens with zero attached hydrogens (tertiary/aromatic N) is 2. The molecule has 7 nitrogen and oxygen atoms in total. The minimum absolute atomic E-state index is 0.0346. The molecule has 1 aromatic rings. The van der Waals surface area contributed by atoms with Crippen molar-refractivity contribution < 1.29 is 19.4 Å². The quantitative estimate of drug-likeness (QED) is 0.495. The van der Waals surface area contributed by atoms with E-state index in [1.807, 2.05) is 43.9 Å². The van der Waals surface area contributed by atoms with Crippen molar-refractivity contribution in [1.29, 1.82) is 0 Å². The minimum atomic E-state index is -0.812. The fraction of sp³-hybridized carbons (Fsp3) is 0.667. The Balaban J connectivity index is 2.09. The summed E-state index contributed by atoms with van der Waals surface area (Å²) in [6.45, 7) is 7.52. The summed E-state index contributed by atoms with van der Waals surface area (Å²) >= 11 is 0. The molecule has 0 atom stereocenters. The molecule has 0 aliphatic carbocycles. The van der Waals surface area contributed by atoms with E-state index in [0.29, 0.717) is 13.1 Å². The second kappa shape index (κ2) is 13.1. The molecular formula is C21H35N3O4. The summed E-state index contributed by atoms with van der Waals surface area (Å²) in [7, 11) is 0. The Morgan fingerprint density at radius 2 is 1.79 bits per heavy atom. The van der Waals surface area contributed by atoms with Crippen LogP contribution in [0.5, 0.6) is 0 Å². The van der Waals surface area contributed by atoms with E-state index >= 15 is 0 Å². The molecule has 7 heteroatoms. The van der Waals surface area contributed by atoms with Gasteiger partial charge in [-0.1, -0.05) is 31.7 Å². The first-order chi connectivity index (χ1) is 13.3. The van der Waals surface area contributed by atoms with Crippen molar-refractivity contribution in [2.45, 2.75) is 71.4 Å². The number of hydrogen-bond donors (Lipinski definition) is 2. The molecule has 0 aliphatic heterocycles. The minimum Gasteiger partial charge on any atom is -0.480 e. The van der Waals surface area contributed by atoms with Crippen molar-refractivity contribution in [3.63, 3.8) is 0 Å². The van der Waals surface area contributed by atoms with Crippen molar-refractivity contribution in [3.8, 4) is 0 Å². The molecule has 0 aromatic carbocycles. The first-order valence-electron chi connectivity index (χ1n) is 10.1. The summed E-state index contributed by atoms with van der Waals surface area (Å²) in [5, 5.41) is 11.9. The molecular weight excluding hydrogens is 358 g/mol. The van der Waals surface area contributed by atoms with Crippen LogP contribution in [0.15, 0.2) is 24.4 Å². The summed E-state index contributed by atoms with van der Waals surface area (Å²) in [4.78, 5) is 28.8. The standard InChI is InChI=1S/C21H35N3O4/c1-21(2,3)28-20(27)23-14-9-6-4-5-7-11-15-24(17-19(25)26)16-18-12-8-10-13-22-18/h8,10,12-13H,4-7,9,11,14-17H2,1-3H3,(H,23,27)(H,25,26). The van der Waals surface area contributed by atoms with Crippen LogP contribution in [0.2, 0.25) is 0 Å². The summed E-state index contributed by atoms with van der Waals surface area (Å²) < 4.78 is 5.19. The van der Waals surface area contributed by atoms with Crippen molar-refractivity contribution in [1.82, 2.24) is 15.2 Å². The largest absolute Gasteiger partial charge is 0.480 e. The highest BCUT2D eigenvalue weighted by Gasteiger charge is 2.15. The number of carbonyl (C=O) groups excluding carboxylic acids is 1. The van der Waals surface area contributed by atoms with Crippen molar-refractivity contribution in [2.24, 2.45) is 0 Å². The zero-order valence-corrected chi connectivity index (χ0v) is 17.4. The number of amides is 1. The highest BCUT2D eigenvalue weighted by molar-refractivity contribution is 5.69. The van der Waals surface area contributed by atoms with Crippen LogP contribution < -0.4 is 5.32 Å². The van der Waals surface area contributed by atoms with Gasteiger partial charge in [-0.25, -0.2) is 4.79 Å². The molecule has 0 spiro atoms. The fourth-order valence-corrected chi connectivity index (χ4v) is 2.80. The Morgan fingerprint density at radius 1 is 1.11 bits per heavy atom. The first kappa shape index (κ1) is 23.9. The molecule has 1 rings (SSSR count). The van der Waals surface area contributed by atoms with E-state index in [4.69, 9.17) is 9.84 Å². The summed E-state index contributed by atoms with van der Waals surface area (Å²) in [6.07, 6.45) is 7.61. The summed E-state index contributed by atoms with van der Waals surface area (Å²) in [6, 6.07) is 5.69. The third-order valence-corrected chi connectivity index (χ3v) is 4.04. The predicted octanol–water partition coefficient (Wildman–Crippen LogP) is 3.83. The normalized spacial score (nSPS) is 11.4. The van der Waals surface area contributed by atoms with E-state index in [9.17, 15) is 9.59 Å². The number of hydrogen-bond acceptors (Lipinski definition) is 5. The number of unbranched alkanes of at least 4 members (excludes halogenated alkanes) is 5. The number of nitrogens with one attached hydrogen (secondary N) is 1. The van der Waals surface area contributed by atoms with Crippen molar-refractivity contribution in [3.05, 3.63) is 30.1 Å². The number of carboxylic acids is 1. The Bertz CT molecular complexity index is 573. The third kappa shape index (κ3) is 13.1. The number of carbonyl (C=O) groups is 2. The lowest BCUT2D eigenvalue weighted by atomic mass is 10.1. The smallest absolute Gasteiger partial charge is 0.407 e. The zero-order chi connectivity index (χ0) is 20.8. The maximum Gasteiger partial charge on any atom is 0.407 e. The van der Waals surface area contributed by atoms with Gasteiger partial charge in [-0.05, 0) is 52.3 Å². The second-order valence-electron chi connectivity index (χ2n) is 7.98. The molecule has 28 heavy (non-hydrogen) atoms. The number of pyridine rings is 1. The number of carboxylic acid groups (broad SMARTS) is 1. The summed E-state index contributed by atoms with van der Waals surface area (Å²) in [5.41, 5.74) is 0.427. The Labute approximate surface area is 168 Å². The van der Waals surface area contributed by atoms with E-state index in [2.05, 4.69) is 10.3 Å². The topological polar surface area (TPSA) is 91.8 Å². The number of aliphatic carboxylic acids is 1.